The van der Waals surface area contributed by atoms with E-state index in [1.807, 2.05) is 0 Å². The fourth-order valence-corrected chi connectivity index (χ4v) is 4.54. The number of phosphoric acid groups is 2. The van der Waals surface area contributed by atoms with Crippen molar-refractivity contribution in [3.8, 4) is 11.6 Å². The van der Waals surface area contributed by atoms with E-state index < -0.39 is 45.8 Å². The van der Waals surface area contributed by atoms with E-state index in [-0.39, 0.29) is 43.3 Å². The summed E-state index contributed by atoms with van der Waals surface area (Å²) in [5.74, 6) is -2.61. The van der Waals surface area contributed by atoms with Crippen LogP contribution in [0, 0.1) is 5.82 Å². The molecular formula is C21H22FN3O13P2. The summed E-state index contributed by atoms with van der Waals surface area (Å²) in [6.45, 7) is -1.29. The number of hydrogen-bond acceptors (Lipinski definition) is 10. The van der Waals surface area contributed by atoms with Crippen LogP contribution in [-0.4, -0.2) is 65.9 Å². The number of benzene rings is 1. The zero-order valence-electron chi connectivity index (χ0n) is 20.2. The lowest BCUT2D eigenvalue weighted by molar-refractivity contribution is -0.140. The van der Waals surface area contributed by atoms with Gasteiger partial charge in [0.05, 0.1) is 18.5 Å². The van der Waals surface area contributed by atoms with Gasteiger partial charge in [0, 0.05) is 24.7 Å². The second-order valence-corrected chi connectivity index (χ2v) is 10.7. The highest BCUT2D eigenvalue weighted by Gasteiger charge is 2.34. The Balaban J connectivity index is 1.44. The highest BCUT2D eigenvalue weighted by Crippen LogP contribution is 2.41. The summed E-state index contributed by atoms with van der Waals surface area (Å²) in [7, 11) is -10.3. The van der Waals surface area contributed by atoms with Gasteiger partial charge in [0.1, 0.15) is 24.4 Å². The van der Waals surface area contributed by atoms with Crippen molar-refractivity contribution in [2.45, 2.75) is 19.1 Å². The number of rotatable bonds is 11. The minimum absolute atomic E-state index is 0.0205. The summed E-state index contributed by atoms with van der Waals surface area (Å²) in [5, 5.41) is 3.66. The van der Waals surface area contributed by atoms with Crippen LogP contribution in [-0.2, 0) is 29.6 Å². The number of carbonyl (C=O) groups excluding carboxylic acids is 1. The lowest BCUT2D eigenvalue weighted by Crippen LogP contribution is -2.44. The maximum atomic E-state index is 15.1. The monoisotopic (exact) mass is 605 g/mol. The van der Waals surface area contributed by atoms with Gasteiger partial charge < -0.3 is 38.2 Å². The zero-order valence-corrected chi connectivity index (χ0v) is 22.0. The second-order valence-electron chi connectivity index (χ2n) is 8.26. The fourth-order valence-electron chi connectivity index (χ4n) is 3.73. The third-order valence-corrected chi connectivity index (χ3v) is 6.52. The molecule has 1 aliphatic heterocycles. The molecule has 4 N–H and O–H groups in total. The van der Waals surface area contributed by atoms with Crippen molar-refractivity contribution in [2.24, 2.45) is 0 Å². The van der Waals surface area contributed by atoms with Crippen LogP contribution in [0.25, 0.3) is 11.3 Å². The van der Waals surface area contributed by atoms with Gasteiger partial charge in [-0.15, -0.1) is 0 Å². The van der Waals surface area contributed by atoms with Crippen molar-refractivity contribution in [3.63, 3.8) is 0 Å². The van der Waals surface area contributed by atoms with E-state index >= 15 is 4.39 Å². The van der Waals surface area contributed by atoms with E-state index in [1.165, 1.54) is 30.7 Å². The highest BCUT2D eigenvalue weighted by atomic mass is 31.2. The van der Waals surface area contributed by atoms with Crippen LogP contribution in [0.2, 0.25) is 0 Å². The molecule has 3 heterocycles. The average Bonchev–Trinajstić information content (AvgIpc) is 3.53. The normalized spacial score (nSPS) is 15.1. The summed E-state index contributed by atoms with van der Waals surface area (Å²) in [6.07, 6.45) is 2.21. The van der Waals surface area contributed by atoms with E-state index in [0.29, 0.717) is 11.3 Å². The molecule has 0 aliphatic carbocycles. The topological polar surface area (TPSA) is 224 Å². The van der Waals surface area contributed by atoms with Crippen molar-refractivity contribution in [1.29, 1.82) is 0 Å². The smallest absolute Gasteiger partial charge is 0.457 e. The Kier molecular flexibility index (Phi) is 8.87. The highest BCUT2D eigenvalue weighted by molar-refractivity contribution is 7.46. The molecule has 3 aromatic rings. The van der Waals surface area contributed by atoms with Gasteiger partial charge in [-0.2, -0.15) is 0 Å². The first-order valence-corrected chi connectivity index (χ1v) is 14.3. The fraction of sp³-hybridized carbons (Fsp3) is 0.286. The molecule has 1 amide bonds. The minimum Gasteiger partial charge on any atom is -0.457 e. The molecule has 0 bridgehead atoms. The molecule has 16 nitrogen and oxygen atoms in total. The Labute approximate surface area is 223 Å². The zero-order chi connectivity index (χ0) is 29.1. The number of hydrogen-bond donors (Lipinski definition) is 4. The molecule has 2 aromatic heterocycles. The summed E-state index contributed by atoms with van der Waals surface area (Å²) in [4.78, 5) is 61.8. The van der Waals surface area contributed by atoms with Crippen LogP contribution >= 0.6 is 15.6 Å². The third kappa shape index (κ3) is 7.84. The predicted molar refractivity (Wildman–Crippen MR) is 129 cm³/mol. The number of phosphoric ester groups is 2. The van der Waals surface area contributed by atoms with Crippen molar-refractivity contribution in [3.05, 3.63) is 70.4 Å². The Hall–Kier alpha value is -3.40. The molecule has 40 heavy (non-hydrogen) atoms. The van der Waals surface area contributed by atoms with Gasteiger partial charge in [-0.05, 0) is 30.2 Å². The Morgan fingerprint density at radius 3 is 2.55 bits per heavy atom. The van der Waals surface area contributed by atoms with Crippen LogP contribution in [0.5, 0.6) is 5.95 Å². The molecule has 0 spiro atoms. The first-order valence-electron chi connectivity index (χ1n) is 11.3. The Morgan fingerprint density at radius 1 is 1.18 bits per heavy atom. The molecule has 1 aromatic carbocycles. The quantitative estimate of drug-likeness (QED) is 0.226. The predicted octanol–water partition coefficient (Wildman–Crippen LogP) is 1.34. The number of halogens is 1. The SMILES string of the molecule is O=C(C(COP(=O)(O)O)OP(=O)(O)O)N1CC=C(c2ccc(-n3cc(OCc4ccon4)oc3=O)cc2F)CC1. The van der Waals surface area contributed by atoms with E-state index in [1.54, 1.807) is 6.07 Å². The molecule has 1 unspecified atom stereocenters. The standard InChI is InChI=1S/C21H22FN3O13P2/c22-17-9-15(25-10-19(37-21(25)27)34-11-14-5-8-35-23-14)1-2-16(17)13-3-6-24(7-4-13)20(26)18(38-40(31,32)33)12-36-39(28,29)30/h1-3,5,8-10,18H,4,6-7,11-12H2,(H2,28,29,30)(H2,31,32,33). The van der Waals surface area contributed by atoms with Gasteiger partial charge in [0.15, 0.2) is 6.10 Å². The Morgan fingerprint density at radius 2 is 1.95 bits per heavy atom. The number of aromatic nitrogens is 2. The minimum atomic E-state index is -5.21. The molecule has 19 heteroatoms. The van der Waals surface area contributed by atoms with Crippen LogP contribution in [0.4, 0.5) is 4.39 Å². The van der Waals surface area contributed by atoms with Crippen LogP contribution in [0.1, 0.15) is 17.7 Å². The van der Waals surface area contributed by atoms with Crippen molar-refractivity contribution in [2.75, 3.05) is 19.7 Å². The number of carbonyl (C=O) groups is 1. The molecule has 0 radical (unpaired) electrons. The van der Waals surface area contributed by atoms with Gasteiger partial charge >= 0.3 is 27.3 Å². The van der Waals surface area contributed by atoms with Crippen molar-refractivity contribution >= 4 is 27.1 Å². The lowest BCUT2D eigenvalue weighted by Gasteiger charge is -2.30. The van der Waals surface area contributed by atoms with Gasteiger partial charge in [-0.25, -0.2) is 22.9 Å². The van der Waals surface area contributed by atoms with Crippen LogP contribution in [0.3, 0.4) is 0 Å². The molecule has 1 atom stereocenters. The number of amides is 1. The van der Waals surface area contributed by atoms with E-state index in [2.05, 4.69) is 18.7 Å². The largest absolute Gasteiger partial charge is 0.470 e. The van der Waals surface area contributed by atoms with Crippen molar-refractivity contribution in [1.82, 2.24) is 14.6 Å². The van der Waals surface area contributed by atoms with E-state index in [0.717, 1.165) is 15.5 Å². The maximum Gasteiger partial charge on any atom is 0.470 e. The number of oxazole rings is 1. The molecule has 1 aliphatic rings. The number of nitrogens with zero attached hydrogens (tertiary/aromatic N) is 3. The Bertz CT molecular complexity index is 1540. The summed E-state index contributed by atoms with van der Waals surface area (Å²) >= 11 is 0. The molecule has 0 fully saturated rings. The molecular weight excluding hydrogens is 583 g/mol. The van der Waals surface area contributed by atoms with Gasteiger partial charge in [-0.1, -0.05) is 11.2 Å². The maximum absolute atomic E-state index is 15.1. The average molecular weight is 605 g/mol. The molecule has 0 saturated heterocycles. The molecule has 0 saturated carbocycles. The molecule has 4 rings (SSSR count). The third-order valence-electron chi connectivity index (χ3n) is 5.50. The van der Waals surface area contributed by atoms with Crippen LogP contribution in [0.15, 0.2) is 56.5 Å². The van der Waals surface area contributed by atoms with Gasteiger partial charge in [0.25, 0.3) is 5.91 Å². The first-order chi connectivity index (χ1) is 18.8. The van der Waals surface area contributed by atoms with Gasteiger partial charge in [-0.3, -0.25) is 13.8 Å². The van der Waals surface area contributed by atoms with E-state index in [4.69, 9.17) is 28.7 Å². The summed E-state index contributed by atoms with van der Waals surface area (Å²) in [5.41, 5.74) is 1.30. The number of ether oxygens (including phenoxy) is 1. The van der Waals surface area contributed by atoms with Gasteiger partial charge in [0.2, 0.25) is 0 Å². The van der Waals surface area contributed by atoms with E-state index in [9.17, 15) is 18.7 Å². The lowest BCUT2D eigenvalue weighted by atomic mass is 9.98. The van der Waals surface area contributed by atoms with Crippen molar-refractivity contribution < 1.29 is 60.6 Å². The van der Waals surface area contributed by atoms with Crippen LogP contribution < -0.4 is 10.5 Å². The molecule has 216 valence electrons. The second kappa shape index (κ2) is 12.0. The first kappa shape index (κ1) is 29.6. The summed E-state index contributed by atoms with van der Waals surface area (Å²) < 4.78 is 61.9. The summed E-state index contributed by atoms with van der Waals surface area (Å²) in [6, 6.07) is 5.57.